The molecule has 0 unspecified atom stereocenters. The Morgan fingerprint density at radius 2 is 1.52 bits per heavy atom. The number of amides is 2. The van der Waals surface area contributed by atoms with Gasteiger partial charge in [0.2, 0.25) is 5.91 Å². The Morgan fingerprint density at radius 3 is 2.04 bits per heavy atom. The summed E-state index contributed by atoms with van der Waals surface area (Å²) in [4.78, 5) is 27.6. The predicted octanol–water partition coefficient (Wildman–Crippen LogP) is 2.95. The normalized spacial score (nSPS) is 11.0. The molecule has 5 heteroatoms. The molecule has 0 aliphatic rings. The Bertz CT molecular complexity index is 729. The van der Waals surface area contributed by atoms with Crippen LogP contribution < -0.4 is 10.6 Å². The van der Waals surface area contributed by atoms with E-state index in [1.54, 1.807) is 18.3 Å². The monoisotopic (exact) mass is 339 g/mol. The molecule has 1 heterocycles. The van der Waals surface area contributed by atoms with Gasteiger partial charge in [-0.05, 0) is 29.3 Å². The van der Waals surface area contributed by atoms with Crippen molar-refractivity contribution in [1.82, 2.24) is 15.6 Å². The van der Waals surface area contributed by atoms with Gasteiger partial charge in [-0.2, -0.15) is 0 Å². The lowest BCUT2D eigenvalue weighted by Gasteiger charge is -2.17. The van der Waals surface area contributed by atoms with Crippen LogP contribution in [0.4, 0.5) is 0 Å². The first-order valence-corrected chi connectivity index (χ1v) is 8.32. The number of pyridine rings is 1. The van der Waals surface area contributed by atoms with Gasteiger partial charge in [-0.15, -0.1) is 0 Å². The van der Waals surface area contributed by atoms with Gasteiger partial charge >= 0.3 is 0 Å². The third-order valence-corrected chi connectivity index (χ3v) is 3.80. The minimum Gasteiger partial charge on any atom is -0.352 e. The summed E-state index contributed by atoms with van der Waals surface area (Å²) in [6.45, 7) is 8.72. The molecule has 1 aromatic carbocycles. The zero-order valence-corrected chi connectivity index (χ0v) is 15.2. The van der Waals surface area contributed by atoms with Crippen LogP contribution >= 0.6 is 0 Å². The van der Waals surface area contributed by atoms with E-state index in [2.05, 4.69) is 36.4 Å². The summed E-state index contributed by atoms with van der Waals surface area (Å²) in [7, 11) is 0. The standard InChI is InChI=1S/C20H25N3O2/c1-14(24)21-11-15-5-8-17(9-6-15)19(25)23-13-16-7-10-18(22-12-16)20(2,3)4/h5-10,12H,11,13H2,1-4H3,(H,21,24)(H,23,25). The van der Waals surface area contributed by atoms with Gasteiger partial charge in [-0.3, -0.25) is 14.6 Å². The summed E-state index contributed by atoms with van der Waals surface area (Å²) in [5.41, 5.74) is 3.54. The van der Waals surface area contributed by atoms with Crippen molar-refractivity contribution in [1.29, 1.82) is 0 Å². The quantitative estimate of drug-likeness (QED) is 0.880. The van der Waals surface area contributed by atoms with Crippen LogP contribution in [0, 0.1) is 0 Å². The third kappa shape index (κ3) is 5.71. The fourth-order valence-corrected chi connectivity index (χ4v) is 2.26. The van der Waals surface area contributed by atoms with Gasteiger partial charge in [0.1, 0.15) is 0 Å². The maximum absolute atomic E-state index is 12.2. The molecule has 0 saturated heterocycles. The van der Waals surface area contributed by atoms with E-state index in [9.17, 15) is 9.59 Å². The van der Waals surface area contributed by atoms with Crippen LogP contribution in [-0.4, -0.2) is 16.8 Å². The largest absolute Gasteiger partial charge is 0.352 e. The summed E-state index contributed by atoms with van der Waals surface area (Å²) < 4.78 is 0. The molecule has 0 aliphatic heterocycles. The van der Waals surface area contributed by atoms with Gasteiger partial charge in [-0.1, -0.05) is 39.0 Å². The summed E-state index contributed by atoms with van der Waals surface area (Å²) >= 11 is 0. The molecule has 0 bridgehead atoms. The van der Waals surface area contributed by atoms with Gasteiger partial charge in [0.05, 0.1) is 0 Å². The van der Waals surface area contributed by atoms with Crippen LogP contribution in [0.2, 0.25) is 0 Å². The molecule has 0 saturated carbocycles. The summed E-state index contributed by atoms with van der Waals surface area (Å²) in [5.74, 6) is -0.209. The zero-order chi connectivity index (χ0) is 18.4. The van der Waals surface area contributed by atoms with Crippen LogP contribution in [0.3, 0.4) is 0 Å². The van der Waals surface area contributed by atoms with E-state index in [0.29, 0.717) is 18.7 Å². The molecular formula is C20H25N3O2. The molecule has 132 valence electrons. The molecule has 2 aromatic rings. The lowest BCUT2D eigenvalue weighted by Crippen LogP contribution is -2.23. The van der Waals surface area contributed by atoms with Gasteiger partial charge in [-0.25, -0.2) is 0 Å². The predicted molar refractivity (Wildman–Crippen MR) is 98.1 cm³/mol. The van der Waals surface area contributed by atoms with Crippen molar-refractivity contribution < 1.29 is 9.59 Å². The molecule has 1 aromatic heterocycles. The van der Waals surface area contributed by atoms with E-state index in [1.165, 1.54) is 6.92 Å². The van der Waals surface area contributed by atoms with E-state index in [4.69, 9.17) is 0 Å². The Hall–Kier alpha value is -2.69. The van der Waals surface area contributed by atoms with Crippen molar-refractivity contribution in [3.8, 4) is 0 Å². The summed E-state index contributed by atoms with van der Waals surface area (Å²) in [5, 5.41) is 5.62. The van der Waals surface area contributed by atoms with Crippen molar-refractivity contribution in [2.24, 2.45) is 0 Å². The smallest absolute Gasteiger partial charge is 0.251 e. The molecule has 25 heavy (non-hydrogen) atoms. The lowest BCUT2D eigenvalue weighted by molar-refractivity contribution is -0.119. The molecule has 2 rings (SSSR count). The number of benzene rings is 1. The zero-order valence-electron chi connectivity index (χ0n) is 15.2. The summed E-state index contributed by atoms with van der Waals surface area (Å²) in [6, 6.07) is 11.2. The Morgan fingerprint density at radius 1 is 0.920 bits per heavy atom. The number of carbonyl (C=O) groups excluding carboxylic acids is 2. The van der Waals surface area contributed by atoms with E-state index in [-0.39, 0.29) is 17.2 Å². The minimum absolute atomic E-state index is 0.0147. The minimum atomic E-state index is -0.133. The van der Waals surface area contributed by atoms with Crippen molar-refractivity contribution in [2.75, 3.05) is 0 Å². The first-order valence-electron chi connectivity index (χ1n) is 8.32. The average Bonchev–Trinajstić information content (AvgIpc) is 2.58. The Balaban J connectivity index is 1.90. The third-order valence-electron chi connectivity index (χ3n) is 3.80. The SMILES string of the molecule is CC(=O)NCc1ccc(C(=O)NCc2ccc(C(C)(C)C)nc2)cc1. The van der Waals surface area contributed by atoms with Crippen LogP contribution in [0.1, 0.15) is 54.9 Å². The highest BCUT2D eigenvalue weighted by molar-refractivity contribution is 5.94. The van der Waals surface area contributed by atoms with E-state index in [1.807, 2.05) is 24.3 Å². The molecule has 5 nitrogen and oxygen atoms in total. The topological polar surface area (TPSA) is 71.1 Å². The highest BCUT2D eigenvalue weighted by atomic mass is 16.2. The van der Waals surface area contributed by atoms with Crippen LogP contribution in [0.5, 0.6) is 0 Å². The Labute approximate surface area is 148 Å². The molecule has 0 spiro atoms. The molecular weight excluding hydrogens is 314 g/mol. The molecule has 0 fully saturated rings. The van der Waals surface area contributed by atoms with Crippen LogP contribution in [0.25, 0.3) is 0 Å². The van der Waals surface area contributed by atoms with Gasteiger partial charge < -0.3 is 10.6 Å². The number of hydrogen-bond donors (Lipinski definition) is 2. The highest BCUT2D eigenvalue weighted by Gasteiger charge is 2.14. The molecule has 0 aliphatic carbocycles. The van der Waals surface area contributed by atoms with Crippen molar-refractivity contribution in [2.45, 2.75) is 46.2 Å². The molecule has 2 N–H and O–H groups in total. The summed E-state index contributed by atoms with van der Waals surface area (Å²) in [6.07, 6.45) is 1.80. The highest BCUT2D eigenvalue weighted by Crippen LogP contribution is 2.19. The van der Waals surface area contributed by atoms with Crippen molar-refractivity contribution in [3.63, 3.8) is 0 Å². The maximum Gasteiger partial charge on any atom is 0.251 e. The van der Waals surface area contributed by atoms with Crippen LogP contribution in [0.15, 0.2) is 42.6 Å². The number of carbonyl (C=O) groups is 2. The second-order valence-electron chi connectivity index (χ2n) is 7.09. The second kappa shape index (κ2) is 7.92. The van der Waals surface area contributed by atoms with E-state index < -0.39 is 0 Å². The van der Waals surface area contributed by atoms with Gasteiger partial charge in [0, 0.05) is 42.9 Å². The fourth-order valence-electron chi connectivity index (χ4n) is 2.26. The first-order chi connectivity index (χ1) is 11.8. The maximum atomic E-state index is 12.2. The number of aromatic nitrogens is 1. The lowest BCUT2D eigenvalue weighted by atomic mass is 9.91. The number of hydrogen-bond acceptors (Lipinski definition) is 3. The number of nitrogens with zero attached hydrogens (tertiary/aromatic N) is 1. The van der Waals surface area contributed by atoms with E-state index in [0.717, 1.165) is 16.8 Å². The fraction of sp³-hybridized carbons (Fsp3) is 0.350. The number of rotatable bonds is 5. The molecule has 0 atom stereocenters. The molecule has 0 radical (unpaired) electrons. The Kier molecular flexibility index (Phi) is 5.91. The second-order valence-corrected chi connectivity index (χ2v) is 7.09. The van der Waals surface area contributed by atoms with Crippen molar-refractivity contribution in [3.05, 3.63) is 65.0 Å². The number of nitrogens with one attached hydrogen (secondary N) is 2. The van der Waals surface area contributed by atoms with Gasteiger partial charge in [0.15, 0.2) is 0 Å². The first kappa shape index (κ1) is 18.6. The average molecular weight is 339 g/mol. The molecule has 2 amide bonds. The van der Waals surface area contributed by atoms with Gasteiger partial charge in [0.25, 0.3) is 5.91 Å². The van der Waals surface area contributed by atoms with Crippen LogP contribution in [-0.2, 0) is 23.3 Å². The van der Waals surface area contributed by atoms with E-state index >= 15 is 0 Å². The van der Waals surface area contributed by atoms with Crippen molar-refractivity contribution >= 4 is 11.8 Å².